The second kappa shape index (κ2) is 5.98. The second-order valence-electron chi connectivity index (χ2n) is 3.91. The number of hydrogen-bond donors (Lipinski definition) is 0. The first-order valence-corrected chi connectivity index (χ1v) is 8.76. The summed E-state index contributed by atoms with van der Waals surface area (Å²) in [6, 6.07) is 6.69. The van der Waals surface area contributed by atoms with E-state index in [0.717, 1.165) is 5.56 Å². The van der Waals surface area contributed by atoms with Crippen molar-refractivity contribution in [1.29, 1.82) is 0 Å². The van der Waals surface area contributed by atoms with Crippen LogP contribution in [0, 0.1) is 6.92 Å². The molecule has 0 aromatic heterocycles. The third-order valence-electron chi connectivity index (χ3n) is 2.02. The Kier molecular flexibility index (Phi) is 5.16. The van der Waals surface area contributed by atoms with Gasteiger partial charge in [-0.3, -0.25) is 0 Å². The maximum absolute atomic E-state index is 11.9. The largest absolute Gasteiger partial charge is 0.287 e. The first-order valence-electron chi connectivity index (χ1n) is 5.12. The fourth-order valence-corrected chi connectivity index (χ4v) is 4.90. The van der Waals surface area contributed by atoms with Gasteiger partial charge in [0.05, 0.1) is 4.90 Å². The Hall–Kier alpha value is -0.390. The molecule has 0 heterocycles. The van der Waals surface area contributed by atoms with Crippen molar-refractivity contribution in [2.45, 2.75) is 24.1 Å². The van der Waals surface area contributed by atoms with E-state index in [2.05, 4.69) is 3.77 Å². The minimum Gasteiger partial charge on any atom is -0.199 e. The number of nitrogens with zero attached hydrogens (tertiary/aromatic N) is 1. The maximum atomic E-state index is 11.9. The number of benzene rings is 1. The number of hydrogen-bond acceptors (Lipinski definition) is 2. The highest BCUT2D eigenvalue weighted by molar-refractivity contribution is 7.99. The molecule has 0 bridgehead atoms. The molecule has 96 valence electrons. The van der Waals surface area contributed by atoms with E-state index >= 15 is 0 Å². The van der Waals surface area contributed by atoms with E-state index < -0.39 is 20.7 Å². The van der Waals surface area contributed by atoms with Crippen LogP contribution in [0.2, 0.25) is 0 Å². The molecule has 2 atom stereocenters. The summed E-state index contributed by atoms with van der Waals surface area (Å²) < 4.78 is 27.7. The number of aryl methyl sites for hydroxylation is 1. The van der Waals surface area contributed by atoms with Crippen molar-refractivity contribution in [3.8, 4) is 0 Å². The van der Waals surface area contributed by atoms with E-state index in [9.17, 15) is 8.42 Å². The smallest absolute Gasteiger partial charge is 0.199 e. The topological polar surface area (TPSA) is 46.5 Å². The summed E-state index contributed by atoms with van der Waals surface area (Å²) in [7, 11) is -4.11. The molecule has 1 aromatic carbocycles. The van der Waals surface area contributed by atoms with Crippen molar-refractivity contribution in [3.05, 3.63) is 29.8 Å². The average Bonchev–Trinajstić information content (AvgIpc) is 2.15. The molecule has 0 saturated carbocycles. The van der Waals surface area contributed by atoms with Crippen LogP contribution in [0.3, 0.4) is 0 Å². The van der Waals surface area contributed by atoms with Gasteiger partial charge in [0, 0.05) is 11.1 Å². The molecule has 6 heteroatoms. The van der Waals surface area contributed by atoms with Gasteiger partial charge in [0.2, 0.25) is 0 Å². The van der Waals surface area contributed by atoms with Crippen LogP contribution in [0.15, 0.2) is 32.9 Å². The van der Waals surface area contributed by atoms with Crippen molar-refractivity contribution < 1.29 is 8.42 Å². The van der Waals surface area contributed by atoms with Gasteiger partial charge in [0.25, 0.3) is 10.0 Å². The fourth-order valence-electron chi connectivity index (χ4n) is 1.28. The summed E-state index contributed by atoms with van der Waals surface area (Å²) in [6.07, 6.45) is 1.78. The number of halogens is 1. The van der Waals surface area contributed by atoms with E-state index in [1.807, 2.05) is 13.8 Å². The zero-order valence-electron chi connectivity index (χ0n) is 10.1. The molecule has 0 aliphatic rings. The molecule has 0 aliphatic carbocycles. The zero-order chi connectivity index (χ0) is 13.1. The average molecular weight is 294 g/mol. The molecule has 0 aliphatic heterocycles. The van der Waals surface area contributed by atoms with Crippen LogP contribution < -0.4 is 0 Å². The highest BCUT2D eigenvalue weighted by Gasteiger charge is 2.12. The highest BCUT2D eigenvalue weighted by atomic mass is 35.5. The van der Waals surface area contributed by atoms with Gasteiger partial charge in [-0.15, -0.1) is 15.4 Å². The third kappa shape index (κ3) is 4.77. The van der Waals surface area contributed by atoms with Gasteiger partial charge >= 0.3 is 0 Å². The monoisotopic (exact) mass is 293 g/mol. The zero-order valence-corrected chi connectivity index (χ0v) is 12.4. The normalized spacial score (nSPS) is 15.8. The molecule has 0 spiro atoms. The van der Waals surface area contributed by atoms with Gasteiger partial charge in [-0.1, -0.05) is 28.4 Å². The highest BCUT2D eigenvalue weighted by Crippen LogP contribution is 2.14. The fraction of sp³-hybridized carbons (Fsp3) is 0.455. The lowest BCUT2D eigenvalue weighted by Crippen LogP contribution is -2.08. The molecule has 0 saturated heterocycles. The van der Waals surface area contributed by atoms with Crippen molar-refractivity contribution in [2.75, 3.05) is 12.0 Å². The van der Waals surface area contributed by atoms with Gasteiger partial charge in [-0.2, -0.15) is 8.42 Å². The van der Waals surface area contributed by atoms with E-state index in [1.54, 1.807) is 30.5 Å². The summed E-state index contributed by atoms with van der Waals surface area (Å²) in [5, 5.41) is -0.0692. The van der Waals surface area contributed by atoms with Crippen LogP contribution >= 0.6 is 11.6 Å². The predicted octanol–water partition coefficient (Wildman–Crippen LogP) is 2.74. The molecule has 3 nitrogen and oxygen atoms in total. The van der Waals surface area contributed by atoms with Crippen molar-refractivity contribution >= 4 is 32.3 Å². The van der Waals surface area contributed by atoms with Gasteiger partial charge in [0.1, 0.15) is 0 Å². The Labute approximate surface area is 110 Å². The van der Waals surface area contributed by atoms with Crippen LogP contribution in [-0.2, 0) is 20.7 Å². The maximum Gasteiger partial charge on any atom is 0.287 e. The molecule has 0 radical (unpaired) electrons. The minimum atomic E-state index is -3.54. The van der Waals surface area contributed by atoms with Crippen molar-refractivity contribution in [2.24, 2.45) is 3.77 Å². The summed E-state index contributed by atoms with van der Waals surface area (Å²) in [6.45, 7) is 3.74. The molecule has 1 rings (SSSR count). The first kappa shape index (κ1) is 14.7. The molecule has 0 amide bonds. The van der Waals surface area contributed by atoms with Crippen LogP contribution in [0.4, 0.5) is 0 Å². The van der Waals surface area contributed by atoms with Gasteiger partial charge in [-0.25, -0.2) is 0 Å². The van der Waals surface area contributed by atoms with Gasteiger partial charge in [-0.05, 0) is 32.2 Å². The van der Waals surface area contributed by atoms with Crippen molar-refractivity contribution in [3.63, 3.8) is 0 Å². The molecule has 1 aromatic rings. The van der Waals surface area contributed by atoms with Crippen molar-refractivity contribution in [1.82, 2.24) is 0 Å². The molecule has 0 N–H and O–H groups in total. The van der Waals surface area contributed by atoms with E-state index in [1.165, 1.54) is 0 Å². The Morgan fingerprint density at radius 1 is 1.35 bits per heavy atom. The van der Waals surface area contributed by atoms with Crippen LogP contribution in [-0.4, -0.2) is 25.8 Å². The summed E-state index contributed by atoms with van der Waals surface area (Å²) in [5.74, 6) is 0.576. The van der Waals surface area contributed by atoms with Crippen LogP contribution in [0.5, 0.6) is 0 Å². The predicted molar refractivity (Wildman–Crippen MR) is 74.3 cm³/mol. The minimum absolute atomic E-state index is 0.0692. The van der Waals surface area contributed by atoms with Crippen LogP contribution in [0.25, 0.3) is 0 Å². The standard InChI is InChI=1S/C11H16ClNO2S2/c1-9-4-6-11(7-5-9)17(14,15)13-16(3)8-10(2)12/h4-7,10H,8H2,1-3H3/t10-,16-/m1/s1. The van der Waals surface area contributed by atoms with E-state index in [-0.39, 0.29) is 10.3 Å². The SMILES string of the molecule is Cc1ccc(S(=O)(=O)N=[S@](C)C[C@@H](C)Cl)cc1. The molecular weight excluding hydrogens is 278 g/mol. The van der Waals surface area contributed by atoms with E-state index in [4.69, 9.17) is 11.6 Å². The summed E-state index contributed by atoms with van der Waals surface area (Å²) in [5.41, 5.74) is 1.02. The Balaban J connectivity index is 3.00. The summed E-state index contributed by atoms with van der Waals surface area (Å²) in [4.78, 5) is 0.240. The lowest BCUT2D eigenvalue weighted by atomic mass is 10.2. The molecule has 17 heavy (non-hydrogen) atoms. The third-order valence-corrected chi connectivity index (χ3v) is 6.01. The Bertz CT molecular complexity index is 507. The van der Waals surface area contributed by atoms with Gasteiger partial charge < -0.3 is 0 Å². The second-order valence-corrected chi connectivity index (χ2v) is 8.21. The van der Waals surface area contributed by atoms with Crippen LogP contribution in [0.1, 0.15) is 12.5 Å². The lowest BCUT2D eigenvalue weighted by molar-refractivity contribution is 0.598. The number of rotatable bonds is 4. The number of alkyl halides is 1. The quantitative estimate of drug-likeness (QED) is 0.801. The molecule has 0 unspecified atom stereocenters. The summed E-state index contributed by atoms with van der Waals surface area (Å²) >= 11 is 5.82. The molecular formula is C11H16ClNO2S2. The first-order chi connectivity index (χ1) is 7.81. The Morgan fingerprint density at radius 2 is 1.88 bits per heavy atom. The Morgan fingerprint density at radius 3 is 2.35 bits per heavy atom. The number of sulfonamides is 1. The van der Waals surface area contributed by atoms with E-state index in [0.29, 0.717) is 5.75 Å². The lowest BCUT2D eigenvalue weighted by Gasteiger charge is -2.04. The molecule has 0 fully saturated rings. The van der Waals surface area contributed by atoms with Gasteiger partial charge in [0.15, 0.2) is 0 Å².